The van der Waals surface area contributed by atoms with Crippen molar-refractivity contribution in [3.63, 3.8) is 0 Å². The third-order valence-corrected chi connectivity index (χ3v) is 3.72. The molecule has 18 heavy (non-hydrogen) atoms. The highest BCUT2D eigenvalue weighted by atomic mass is 32.1. The van der Waals surface area contributed by atoms with Crippen molar-refractivity contribution in [3.8, 4) is 11.5 Å². The highest BCUT2D eigenvalue weighted by Crippen LogP contribution is 2.31. The van der Waals surface area contributed by atoms with Gasteiger partial charge < -0.3 is 15.2 Å². The van der Waals surface area contributed by atoms with Crippen LogP contribution in [0.5, 0.6) is 11.5 Å². The molecule has 4 nitrogen and oxygen atoms in total. The van der Waals surface area contributed by atoms with E-state index in [0.29, 0.717) is 18.3 Å². The molecule has 1 aliphatic rings. The van der Waals surface area contributed by atoms with Crippen molar-refractivity contribution in [2.75, 3.05) is 18.9 Å². The topological polar surface area (TPSA) is 57.4 Å². The van der Waals surface area contributed by atoms with Crippen molar-refractivity contribution in [2.24, 2.45) is 0 Å². The Bertz CT molecular complexity index is 554. The van der Waals surface area contributed by atoms with Gasteiger partial charge in [0, 0.05) is 11.1 Å². The number of aryl methyl sites for hydroxylation is 2. The van der Waals surface area contributed by atoms with Crippen LogP contribution in [0.1, 0.15) is 10.4 Å². The summed E-state index contributed by atoms with van der Waals surface area (Å²) in [7, 11) is 0. The summed E-state index contributed by atoms with van der Waals surface area (Å²) in [6, 6.07) is 6.11. The lowest BCUT2D eigenvalue weighted by Gasteiger charge is -2.18. The van der Waals surface area contributed by atoms with Crippen LogP contribution in [0.2, 0.25) is 0 Å². The first-order chi connectivity index (χ1) is 8.81. The van der Waals surface area contributed by atoms with Gasteiger partial charge >= 0.3 is 0 Å². The maximum absolute atomic E-state index is 5.61. The van der Waals surface area contributed by atoms with Crippen LogP contribution in [0.4, 0.5) is 5.13 Å². The predicted molar refractivity (Wildman–Crippen MR) is 71.4 cm³/mol. The van der Waals surface area contributed by atoms with Gasteiger partial charge in [-0.1, -0.05) is 6.07 Å². The Balaban J connectivity index is 1.69. The van der Waals surface area contributed by atoms with Gasteiger partial charge in [-0.25, -0.2) is 4.98 Å². The highest BCUT2D eigenvalue weighted by molar-refractivity contribution is 7.15. The summed E-state index contributed by atoms with van der Waals surface area (Å²) >= 11 is 1.55. The molecule has 0 saturated heterocycles. The maximum atomic E-state index is 5.61. The van der Waals surface area contributed by atoms with E-state index >= 15 is 0 Å². The molecule has 94 valence electrons. The van der Waals surface area contributed by atoms with Gasteiger partial charge in [0.05, 0.1) is 0 Å². The van der Waals surface area contributed by atoms with Gasteiger partial charge in [0.2, 0.25) is 0 Å². The van der Waals surface area contributed by atoms with Crippen molar-refractivity contribution in [1.82, 2.24) is 4.98 Å². The number of ether oxygens (including phenoxy) is 2. The minimum Gasteiger partial charge on any atom is -0.486 e. The molecular weight excluding hydrogens is 248 g/mol. The van der Waals surface area contributed by atoms with E-state index < -0.39 is 0 Å². The Morgan fingerprint density at radius 1 is 1.17 bits per heavy atom. The van der Waals surface area contributed by atoms with Gasteiger partial charge in [-0.3, -0.25) is 0 Å². The molecule has 3 rings (SSSR count). The zero-order valence-electron chi connectivity index (χ0n) is 9.89. The summed E-state index contributed by atoms with van der Waals surface area (Å²) in [4.78, 5) is 5.26. The zero-order valence-corrected chi connectivity index (χ0v) is 10.7. The molecule has 1 aromatic heterocycles. The van der Waals surface area contributed by atoms with E-state index in [-0.39, 0.29) is 0 Å². The Hall–Kier alpha value is -1.75. The minimum atomic E-state index is 0.627. The fraction of sp³-hybridized carbons (Fsp3) is 0.308. The molecule has 0 fully saturated rings. The van der Waals surface area contributed by atoms with E-state index in [1.165, 1.54) is 10.4 Å². The first-order valence-electron chi connectivity index (χ1n) is 5.90. The first kappa shape index (κ1) is 11.3. The number of anilines is 1. The number of nitrogens with zero attached hydrogens (tertiary/aromatic N) is 1. The van der Waals surface area contributed by atoms with Crippen molar-refractivity contribution >= 4 is 16.5 Å². The molecule has 0 atom stereocenters. The third kappa shape index (κ3) is 2.41. The number of hydrogen-bond donors (Lipinski definition) is 1. The Labute approximate surface area is 109 Å². The number of benzene rings is 1. The Kier molecular flexibility index (Phi) is 3.06. The van der Waals surface area contributed by atoms with Crippen molar-refractivity contribution in [1.29, 1.82) is 0 Å². The Morgan fingerprint density at radius 3 is 2.78 bits per heavy atom. The second kappa shape index (κ2) is 4.86. The lowest BCUT2D eigenvalue weighted by atomic mass is 10.1. The van der Waals surface area contributed by atoms with Crippen LogP contribution >= 0.6 is 11.3 Å². The van der Waals surface area contributed by atoms with E-state index in [1.807, 2.05) is 12.3 Å². The lowest BCUT2D eigenvalue weighted by molar-refractivity contribution is 0.171. The van der Waals surface area contributed by atoms with Crippen molar-refractivity contribution in [3.05, 3.63) is 34.8 Å². The molecule has 0 amide bonds. The van der Waals surface area contributed by atoms with Gasteiger partial charge in [0.25, 0.3) is 0 Å². The van der Waals surface area contributed by atoms with Gasteiger partial charge in [0.15, 0.2) is 16.6 Å². The summed E-state index contributed by atoms with van der Waals surface area (Å²) in [6.45, 7) is 1.26. The van der Waals surface area contributed by atoms with Gasteiger partial charge in [0.1, 0.15) is 13.2 Å². The largest absolute Gasteiger partial charge is 0.486 e. The molecular formula is C13H14N2O2S. The van der Waals surface area contributed by atoms with Crippen LogP contribution in [-0.2, 0) is 12.8 Å². The number of fused-ring (bicyclic) bond motifs is 1. The molecule has 0 spiro atoms. The molecule has 0 unspecified atom stereocenters. The normalized spacial score (nSPS) is 13.6. The average molecular weight is 262 g/mol. The van der Waals surface area contributed by atoms with E-state index in [4.69, 9.17) is 15.2 Å². The summed E-state index contributed by atoms with van der Waals surface area (Å²) < 4.78 is 11.1. The smallest absolute Gasteiger partial charge is 0.180 e. The molecule has 1 aromatic carbocycles. The number of thiazole rings is 1. The quantitative estimate of drug-likeness (QED) is 0.922. The number of aromatic nitrogens is 1. The zero-order chi connectivity index (χ0) is 12.4. The van der Waals surface area contributed by atoms with Crippen LogP contribution in [0.3, 0.4) is 0 Å². The molecule has 0 radical (unpaired) electrons. The van der Waals surface area contributed by atoms with E-state index in [9.17, 15) is 0 Å². The number of hydrogen-bond acceptors (Lipinski definition) is 5. The third-order valence-electron chi connectivity index (χ3n) is 2.84. The van der Waals surface area contributed by atoms with Crippen LogP contribution in [-0.4, -0.2) is 18.2 Å². The van der Waals surface area contributed by atoms with Crippen LogP contribution in [0.15, 0.2) is 24.4 Å². The van der Waals surface area contributed by atoms with Crippen molar-refractivity contribution in [2.45, 2.75) is 12.8 Å². The monoisotopic (exact) mass is 262 g/mol. The second-order valence-electron chi connectivity index (χ2n) is 4.14. The van der Waals surface area contributed by atoms with Crippen LogP contribution < -0.4 is 15.2 Å². The van der Waals surface area contributed by atoms with Crippen LogP contribution in [0.25, 0.3) is 0 Å². The van der Waals surface area contributed by atoms with Crippen molar-refractivity contribution < 1.29 is 9.47 Å². The van der Waals surface area contributed by atoms with E-state index in [0.717, 1.165) is 24.3 Å². The molecule has 1 aliphatic heterocycles. The van der Waals surface area contributed by atoms with E-state index in [1.54, 1.807) is 11.3 Å². The van der Waals surface area contributed by atoms with Gasteiger partial charge in [-0.05, 0) is 30.5 Å². The fourth-order valence-electron chi connectivity index (χ4n) is 1.95. The predicted octanol–water partition coefficient (Wildman–Crippen LogP) is 2.28. The number of nitrogens with two attached hydrogens (primary N) is 1. The molecule has 2 N–H and O–H groups in total. The SMILES string of the molecule is Nc1ncc(CCc2ccc3c(c2)OCCO3)s1. The first-order valence-corrected chi connectivity index (χ1v) is 6.71. The molecule has 0 saturated carbocycles. The fourth-order valence-corrected chi connectivity index (χ4v) is 2.63. The number of nitrogen functional groups attached to an aromatic ring is 1. The summed E-state index contributed by atoms with van der Waals surface area (Å²) in [5, 5.41) is 0.632. The summed E-state index contributed by atoms with van der Waals surface area (Å²) in [6.07, 6.45) is 3.75. The summed E-state index contributed by atoms with van der Waals surface area (Å²) in [5.41, 5.74) is 6.85. The molecule has 2 aromatic rings. The Morgan fingerprint density at radius 2 is 2.00 bits per heavy atom. The van der Waals surface area contributed by atoms with E-state index in [2.05, 4.69) is 17.1 Å². The molecule has 2 heterocycles. The number of rotatable bonds is 3. The lowest BCUT2D eigenvalue weighted by Crippen LogP contribution is -2.15. The van der Waals surface area contributed by atoms with Crippen LogP contribution in [0, 0.1) is 0 Å². The minimum absolute atomic E-state index is 0.627. The summed E-state index contributed by atoms with van der Waals surface area (Å²) in [5.74, 6) is 1.69. The molecule has 0 aliphatic carbocycles. The molecule has 0 bridgehead atoms. The van der Waals surface area contributed by atoms with Gasteiger partial charge in [-0.15, -0.1) is 11.3 Å². The average Bonchev–Trinajstić information content (AvgIpc) is 2.82. The second-order valence-corrected chi connectivity index (χ2v) is 5.29. The maximum Gasteiger partial charge on any atom is 0.180 e. The standard InChI is InChI=1S/C13H14N2O2S/c14-13-15-8-10(18-13)3-1-9-2-4-11-12(7-9)17-6-5-16-11/h2,4,7-8H,1,3,5-6H2,(H2,14,15). The molecule has 5 heteroatoms. The highest BCUT2D eigenvalue weighted by Gasteiger charge is 2.11. The van der Waals surface area contributed by atoms with Gasteiger partial charge in [-0.2, -0.15) is 0 Å².